The Bertz CT molecular complexity index is 1030. The number of amidine groups is 1. The van der Waals surface area contributed by atoms with Crippen LogP contribution in [0.3, 0.4) is 0 Å². The maximum Gasteiger partial charge on any atom is 0.169 e. The van der Waals surface area contributed by atoms with Crippen molar-refractivity contribution in [3.05, 3.63) is 74.9 Å². The van der Waals surface area contributed by atoms with Gasteiger partial charge in [0.25, 0.3) is 0 Å². The van der Waals surface area contributed by atoms with Crippen molar-refractivity contribution in [1.82, 2.24) is 9.55 Å². The smallest absolute Gasteiger partial charge is 0.169 e. The van der Waals surface area contributed by atoms with Crippen LogP contribution in [0.25, 0.3) is 11.1 Å². The first-order chi connectivity index (χ1) is 17.1. The molecule has 0 unspecified atom stereocenters. The van der Waals surface area contributed by atoms with Gasteiger partial charge in [-0.25, -0.2) is 4.98 Å². The third-order valence-corrected chi connectivity index (χ3v) is 5.65. The highest BCUT2D eigenvalue weighted by Gasteiger charge is 2.15. The quantitative estimate of drug-likeness (QED) is 0.0735. The summed E-state index contributed by atoms with van der Waals surface area (Å²) in [4.78, 5) is 16.2. The average molecular weight is 592 g/mol. The minimum absolute atomic E-state index is 0.300. The van der Waals surface area contributed by atoms with Crippen molar-refractivity contribution in [2.75, 3.05) is 0 Å². The van der Waals surface area contributed by atoms with E-state index in [1.165, 1.54) is 0 Å². The maximum atomic E-state index is 11.6. The van der Waals surface area contributed by atoms with Crippen LogP contribution in [0.2, 0.25) is 0 Å². The van der Waals surface area contributed by atoms with Gasteiger partial charge < -0.3 is 16.1 Å². The Kier molecular flexibility index (Phi) is 17.2. The molecule has 0 saturated heterocycles. The van der Waals surface area contributed by atoms with Crippen LogP contribution >= 0.6 is 22.6 Å². The Morgan fingerprint density at radius 3 is 2.17 bits per heavy atom. The minimum atomic E-state index is 0.300. The molecule has 35 heavy (non-hydrogen) atoms. The number of benzene rings is 2. The lowest BCUT2D eigenvalue weighted by molar-refractivity contribution is 0.111. The summed E-state index contributed by atoms with van der Waals surface area (Å²) in [7, 11) is 0. The fourth-order valence-electron chi connectivity index (χ4n) is 3.30. The van der Waals surface area contributed by atoms with Crippen LogP contribution in [0.15, 0.2) is 53.6 Å². The zero-order valence-corrected chi connectivity index (χ0v) is 24.5. The van der Waals surface area contributed by atoms with Crippen molar-refractivity contribution in [3.8, 4) is 11.1 Å². The Balaban J connectivity index is 0.00000179. The largest absolute Gasteiger partial charge is 0.382 e. The van der Waals surface area contributed by atoms with Gasteiger partial charge in [-0.3, -0.25) is 4.79 Å². The molecule has 0 fully saturated rings. The lowest BCUT2D eigenvalue weighted by atomic mass is 9.98. The Morgan fingerprint density at radius 2 is 1.63 bits per heavy atom. The van der Waals surface area contributed by atoms with E-state index in [2.05, 4.69) is 51.7 Å². The number of nitrogens with zero attached hydrogens (tertiary/aromatic N) is 3. The lowest BCUT2D eigenvalue weighted by Gasteiger charge is -2.12. The number of carbonyl (C=O) groups is 1. The van der Waals surface area contributed by atoms with Gasteiger partial charge in [-0.1, -0.05) is 103 Å². The Labute approximate surface area is 225 Å². The first kappa shape index (κ1) is 32.3. The van der Waals surface area contributed by atoms with Crippen molar-refractivity contribution in [2.24, 2.45) is 16.7 Å². The summed E-state index contributed by atoms with van der Waals surface area (Å²) in [6, 6.07) is 16.0. The molecule has 1 aromatic heterocycles. The van der Waals surface area contributed by atoms with Crippen LogP contribution in [-0.4, -0.2) is 21.7 Å². The summed E-state index contributed by atoms with van der Waals surface area (Å²) in [6.45, 7) is 14.8. The van der Waals surface area contributed by atoms with Gasteiger partial charge >= 0.3 is 0 Å². The van der Waals surface area contributed by atoms with E-state index in [-0.39, 0.29) is 0 Å². The molecule has 0 bridgehead atoms. The molecular formula is C28H42IN5O. The second-order valence-electron chi connectivity index (χ2n) is 6.77. The molecule has 0 aliphatic heterocycles. The van der Waals surface area contributed by atoms with E-state index in [0.717, 1.165) is 57.3 Å². The van der Waals surface area contributed by atoms with Gasteiger partial charge in [-0.2, -0.15) is 5.10 Å². The summed E-state index contributed by atoms with van der Waals surface area (Å²) in [5, 5.41) is 3.62. The molecule has 0 aliphatic rings. The fraction of sp³-hybridized carbons (Fsp3) is 0.393. The number of aromatic nitrogens is 2. The number of imidazole rings is 1. The molecule has 7 heteroatoms. The topological polar surface area (TPSA) is 99.3 Å². The van der Waals surface area contributed by atoms with Gasteiger partial charge in [0.15, 0.2) is 12.1 Å². The molecule has 0 amide bonds. The van der Waals surface area contributed by atoms with Crippen molar-refractivity contribution < 1.29 is 4.79 Å². The van der Waals surface area contributed by atoms with Crippen LogP contribution in [0, 0.1) is 3.70 Å². The molecule has 6 nitrogen and oxygen atoms in total. The van der Waals surface area contributed by atoms with Gasteiger partial charge in [0.05, 0.1) is 0 Å². The highest BCUT2D eigenvalue weighted by molar-refractivity contribution is 14.1. The second kappa shape index (κ2) is 18.6. The summed E-state index contributed by atoms with van der Waals surface area (Å²) < 4.78 is 2.78. The zero-order chi connectivity index (χ0) is 26.8. The molecule has 3 aromatic rings. The number of aryl methyl sites for hydroxylation is 1. The predicted octanol–water partition coefficient (Wildman–Crippen LogP) is 7.02. The van der Waals surface area contributed by atoms with Crippen LogP contribution in [0.4, 0.5) is 0 Å². The highest BCUT2D eigenvalue weighted by Crippen LogP contribution is 2.25. The molecule has 1 heterocycles. The standard InChI is InChI=1S/C22H24IN5O.3C2H6/c1-2-3-8-20-26-21(23)19(14-29)28(20)13-15-9-11-16(12-10-15)17-6-4-5-7-18(17)22(24)27-25;3*1-2/h4-7,9-12,14H,2-3,8,13,25H2,1H3,(H2,24,27);3*1-2H3. The summed E-state index contributed by atoms with van der Waals surface area (Å²) >= 11 is 2.13. The van der Waals surface area contributed by atoms with Crippen molar-refractivity contribution in [1.29, 1.82) is 0 Å². The van der Waals surface area contributed by atoms with Gasteiger partial charge in [-0.15, -0.1) is 0 Å². The molecule has 2 aromatic carbocycles. The third kappa shape index (κ3) is 9.12. The zero-order valence-electron chi connectivity index (χ0n) is 22.3. The van der Waals surface area contributed by atoms with Crippen LogP contribution in [-0.2, 0) is 13.0 Å². The fourth-order valence-corrected chi connectivity index (χ4v) is 3.99. The monoisotopic (exact) mass is 591 g/mol. The number of nitrogens with two attached hydrogens (primary N) is 2. The van der Waals surface area contributed by atoms with Crippen molar-refractivity contribution in [2.45, 2.75) is 74.3 Å². The van der Waals surface area contributed by atoms with Gasteiger partial charge in [0, 0.05) is 18.5 Å². The van der Waals surface area contributed by atoms with E-state index in [1.54, 1.807) is 0 Å². The van der Waals surface area contributed by atoms with E-state index >= 15 is 0 Å². The first-order valence-electron chi connectivity index (χ1n) is 12.5. The predicted molar refractivity (Wildman–Crippen MR) is 159 cm³/mol. The summed E-state index contributed by atoms with van der Waals surface area (Å²) in [5.74, 6) is 6.62. The highest BCUT2D eigenvalue weighted by atomic mass is 127. The number of rotatable bonds is 8. The summed E-state index contributed by atoms with van der Waals surface area (Å²) in [6.07, 6.45) is 3.89. The van der Waals surface area contributed by atoms with Crippen molar-refractivity contribution in [3.63, 3.8) is 0 Å². The third-order valence-electron chi connectivity index (χ3n) is 4.85. The molecule has 0 atom stereocenters. The van der Waals surface area contributed by atoms with Crippen LogP contribution in [0.1, 0.15) is 88.7 Å². The normalized spacial score (nSPS) is 10.1. The number of hydrazone groups is 1. The van der Waals surface area contributed by atoms with E-state index in [9.17, 15) is 4.79 Å². The van der Waals surface area contributed by atoms with Crippen LogP contribution in [0.5, 0.6) is 0 Å². The second-order valence-corrected chi connectivity index (χ2v) is 7.79. The molecule has 4 N–H and O–H groups in total. The van der Waals surface area contributed by atoms with E-state index in [0.29, 0.717) is 18.1 Å². The molecule has 0 saturated carbocycles. The number of carbonyl (C=O) groups excluding carboxylic acids is 1. The van der Waals surface area contributed by atoms with E-state index in [4.69, 9.17) is 11.6 Å². The van der Waals surface area contributed by atoms with Gasteiger partial charge in [0.1, 0.15) is 15.2 Å². The lowest BCUT2D eigenvalue weighted by Crippen LogP contribution is -2.16. The molecule has 0 spiro atoms. The Hall–Kier alpha value is -2.68. The summed E-state index contributed by atoms with van der Waals surface area (Å²) in [5.41, 5.74) is 10.5. The minimum Gasteiger partial charge on any atom is -0.382 e. The number of halogens is 1. The molecule has 0 radical (unpaired) electrons. The SMILES string of the molecule is CC.CC.CC.CCCCc1nc(I)c(C=O)n1Cc1ccc(-c2ccccc2/C(N)=N/N)cc1. The van der Waals surface area contributed by atoms with E-state index < -0.39 is 0 Å². The average Bonchev–Trinajstić information content (AvgIpc) is 3.24. The number of hydrogen-bond donors (Lipinski definition) is 2. The van der Waals surface area contributed by atoms with E-state index in [1.807, 2.05) is 82.5 Å². The number of aldehydes is 1. The molecule has 192 valence electrons. The van der Waals surface area contributed by atoms with Gasteiger partial charge in [0.2, 0.25) is 0 Å². The molecular weight excluding hydrogens is 549 g/mol. The van der Waals surface area contributed by atoms with Gasteiger partial charge in [-0.05, 0) is 45.7 Å². The number of unbranched alkanes of at least 4 members (excludes halogenated alkanes) is 1. The first-order valence-corrected chi connectivity index (χ1v) is 13.6. The molecule has 3 rings (SSSR count). The number of hydrogen-bond acceptors (Lipinski definition) is 4. The van der Waals surface area contributed by atoms with Crippen molar-refractivity contribution >= 4 is 34.7 Å². The Morgan fingerprint density at radius 1 is 1.03 bits per heavy atom. The maximum absolute atomic E-state index is 11.6. The van der Waals surface area contributed by atoms with Crippen LogP contribution < -0.4 is 11.6 Å². The molecule has 0 aliphatic carbocycles.